The van der Waals surface area contributed by atoms with E-state index < -0.39 is 23.6 Å². The Bertz CT molecular complexity index is 2050. The van der Waals surface area contributed by atoms with Crippen molar-refractivity contribution in [2.24, 2.45) is 5.41 Å². The molecule has 14 nitrogen and oxygen atoms in total. The molecule has 1 aliphatic heterocycles. The van der Waals surface area contributed by atoms with E-state index in [9.17, 15) is 27.6 Å². The highest BCUT2D eigenvalue weighted by Gasteiger charge is 2.40. The second-order valence-electron chi connectivity index (χ2n) is 14.9. The first-order valence-electron chi connectivity index (χ1n) is 18.5. The lowest BCUT2D eigenvalue weighted by molar-refractivity contribution is -0.139. The predicted molar refractivity (Wildman–Crippen MR) is 197 cm³/mol. The number of aromatic amines is 1. The number of pyridine rings is 3. The summed E-state index contributed by atoms with van der Waals surface area (Å²) in [6.07, 6.45) is 3.67. The molecule has 17 heteroatoms. The van der Waals surface area contributed by atoms with Crippen molar-refractivity contribution in [3.63, 3.8) is 0 Å². The molecule has 4 aromatic heterocycles. The Hall–Kier alpha value is -5.16. The molecule has 7 rings (SSSR count). The van der Waals surface area contributed by atoms with Gasteiger partial charge in [-0.05, 0) is 49.9 Å². The van der Waals surface area contributed by atoms with Gasteiger partial charge in [0.1, 0.15) is 11.2 Å². The number of nitrogens with one attached hydrogen (secondary N) is 2. The maximum atomic E-state index is 14.2. The number of piperazine rings is 1. The zero-order chi connectivity index (χ0) is 38.9. The number of carbonyl (C=O) groups excluding carboxylic acids is 2. The van der Waals surface area contributed by atoms with Crippen molar-refractivity contribution in [1.29, 1.82) is 0 Å². The van der Waals surface area contributed by atoms with Gasteiger partial charge in [-0.25, -0.2) is 4.98 Å². The van der Waals surface area contributed by atoms with Crippen LogP contribution in [0, 0.1) is 5.41 Å². The first kappa shape index (κ1) is 38.1. The number of ether oxygens (including phenoxy) is 1. The lowest BCUT2D eigenvalue weighted by Gasteiger charge is -2.34. The van der Waals surface area contributed by atoms with Crippen LogP contribution in [0.4, 0.5) is 24.8 Å². The number of carboxylic acid groups (broad SMARTS) is 1. The summed E-state index contributed by atoms with van der Waals surface area (Å²) < 4.78 is 48.3. The second-order valence-corrected chi connectivity index (χ2v) is 14.9. The molecule has 0 unspecified atom stereocenters. The van der Waals surface area contributed by atoms with E-state index in [1.807, 2.05) is 16.8 Å². The number of aliphatic carboxylic acids is 1. The normalized spacial score (nSPS) is 17.4. The average Bonchev–Trinajstić information content (AvgIpc) is 3.79. The number of hydrogen-bond donors (Lipinski definition) is 3. The van der Waals surface area contributed by atoms with Gasteiger partial charge in [-0.2, -0.15) is 18.2 Å². The Kier molecular flexibility index (Phi) is 10.8. The highest BCUT2D eigenvalue weighted by atomic mass is 19.4. The summed E-state index contributed by atoms with van der Waals surface area (Å²) in [5.74, 6) is -1.84. The molecule has 3 N–H and O–H groups in total. The fourth-order valence-corrected chi connectivity index (χ4v) is 7.81. The number of amides is 2. The lowest BCUT2D eigenvalue weighted by atomic mass is 9.86. The number of carboxylic acids is 1. The average molecular weight is 764 g/mol. The quantitative estimate of drug-likeness (QED) is 0.159. The minimum absolute atomic E-state index is 0.0331. The van der Waals surface area contributed by atoms with Gasteiger partial charge in [-0.3, -0.25) is 34.6 Å². The Labute approximate surface area is 315 Å². The number of nitrogens with zero attached hydrogens (tertiary/aromatic N) is 7. The van der Waals surface area contributed by atoms with Gasteiger partial charge in [0.05, 0.1) is 41.2 Å². The fourth-order valence-electron chi connectivity index (χ4n) is 7.81. The van der Waals surface area contributed by atoms with Crippen LogP contribution in [0.2, 0.25) is 0 Å². The monoisotopic (exact) mass is 763 g/mol. The van der Waals surface area contributed by atoms with Crippen LogP contribution in [0.15, 0.2) is 36.7 Å². The molecule has 3 fully saturated rings. The van der Waals surface area contributed by atoms with Gasteiger partial charge >= 0.3 is 12.1 Å². The molecule has 292 valence electrons. The number of methoxy groups -OCH3 is 1. The van der Waals surface area contributed by atoms with Crippen LogP contribution in [0.1, 0.15) is 83.0 Å². The number of aromatic nitrogens is 5. The summed E-state index contributed by atoms with van der Waals surface area (Å²) in [5, 5.41) is 11.7. The summed E-state index contributed by atoms with van der Waals surface area (Å²) in [6, 6.07) is 5.80. The molecule has 0 radical (unpaired) electrons. The van der Waals surface area contributed by atoms with Crippen LogP contribution in [0.3, 0.4) is 0 Å². The highest BCUT2D eigenvalue weighted by Crippen LogP contribution is 2.46. The van der Waals surface area contributed by atoms with E-state index >= 15 is 0 Å². The number of halogens is 3. The molecular weight excluding hydrogens is 719 g/mol. The Morgan fingerprint density at radius 3 is 2.44 bits per heavy atom. The van der Waals surface area contributed by atoms with Crippen LogP contribution in [-0.2, 0) is 15.7 Å². The SMILES string of the molecule is COCC1(CN(C)c2cc(-c3cnc(C4CC4)c(C(F)(F)F)c3)nc3nc(NC(=O)c4ccc(C(=O)N5CCN(CCC(=O)O)CC5)cn4)[nH]c23)CCCC1. The second kappa shape index (κ2) is 15.5. The van der Waals surface area contributed by atoms with Crippen molar-refractivity contribution in [3.8, 4) is 11.3 Å². The number of carbonyl (C=O) groups is 3. The predicted octanol–water partition coefficient (Wildman–Crippen LogP) is 5.44. The molecule has 0 aromatic carbocycles. The third kappa shape index (κ3) is 8.57. The smallest absolute Gasteiger partial charge is 0.418 e. The van der Waals surface area contributed by atoms with Crippen molar-refractivity contribution >= 4 is 40.6 Å². The molecular formula is C38H44F3N9O5. The van der Waals surface area contributed by atoms with Gasteiger partial charge in [0.25, 0.3) is 11.8 Å². The van der Waals surface area contributed by atoms with Crippen molar-refractivity contribution in [2.75, 3.05) is 70.2 Å². The van der Waals surface area contributed by atoms with Crippen molar-refractivity contribution < 1.29 is 37.4 Å². The molecule has 0 atom stereocenters. The van der Waals surface area contributed by atoms with E-state index in [1.54, 1.807) is 18.1 Å². The Morgan fingerprint density at radius 1 is 1.05 bits per heavy atom. The van der Waals surface area contributed by atoms with Gasteiger partial charge in [0.15, 0.2) is 5.65 Å². The first-order chi connectivity index (χ1) is 26.3. The minimum Gasteiger partial charge on any atom is -0.481 e. The number of alkyl halides is 3. The number of hydrogen-bond acceptors (Lipinski definition) is 10. The van der Waals surface area contributed by atoms with Gasteiger partial charge in [0, 0.05) is 82.7 Å². The highest BCUT2D eigenvalue weighted by molar-refractivity contribution is 6.03. The zero-order valence-electron chi connectivity index (χ0n) is 30.8. The summed E-state index contributed by atoms with van der Waals surface area (Å²) in [6.45, 7) is 3.61. The van der Waals surface area contributed by atoms with Gasteiger partial charge in [-0.1, -0.05) is 12.8 Å². The van der Waals surface area contributed by atoms with E-state index in [4.69, 9.17) is 9.84 Å². The molecule has 4 aromatic rings. The number of fused-ring (bicyclic) bond motifs is 1. The number of H-pyrrole nitrogens is 1. The lowest BCUT2D eigenvalue weighted by Crippen LogP contribution is -2.49. The maximum absolute atomic E-state index is 14.2. The third-order valence-electron chi connectivity index (χ3n) is 10.8. The number of anilines is 2. The van der Waals surface area contributed by atoms with E-state index in [2.05, 4.69) is 30.2 Å². The van der Waals surface area contributed by atoms with Crippen LogP contribution in [0.5, 0.6) is 0 Å². The molecule has 0 spiro atoms. The van der Waals surface area contributed by atoms with E-state index in [-0.39, 0.29) is 57.9 Å². The van der Waals surface area contributed by atoms with E-state index in [0.29, 0.717) is 75.5 Å². The molecule has 55 heavy (non-hydrogen) atoms. The van der Waals surface area contributed by atoms with Crippen molar-refractivity contribution in [1.82, 2.24) is 34.7 Å². The summed E-state index contributed by atoms with van der Waals surface area (Å²) in [4.78, 5) is 63.9. The zero-order valence-corrected chi connectivity index (χ0v) is 30.8. The molecule has 2 aliphatic carbocycles. The van der Waals surface area contributed by atoms with Crippen molar-refractivity contribution in [3.05, 3.63) is 59.2 Å². The minimum atomic E-state index is -4.58. The largest absolute Gasteiger partial charge is 0.481 e. The van der Waals surface area contributed by atoms with Crippen LogP contribution in [-0.4, -0.2) is 118 Å². The van der Waals surface area contributed by atoms with Crippen molar-refractivity contribution in [2.45, 2.75) is 57.0 Å². The van der Waals surface area contributed by atoms with Gasteiger partial charge in [-0.15, -0.1) is 0 Å². The molecule has 5 heterocycles. The maximum Gasteiger partial charge on any atom is 0.418 e. The molecule has 2 saturated carbocycles. The third-order valence-corrected chi connectivity index (χ3v) is 10.8. The molecule has 3 aliphatic rings. The first-order valence-corrected chi connectivity index (χ1v) is 18.5. The number of rotatable bonds is 13. The summed E-state index contributed by atoms with van der Waals surface area (Å²) in [5.41, 5.74) is 1.31. The van der Waals surface area contributed by atoms with Crippen LogP contribution < -0.4 is 10.2 Å². The van der Waals surface area contributed by atoms with E-state index in [0.717, 1.165) is 31.7 Å². The topological polar surface area (TPSA) is 170 Å². The Balaban J connectivity index is 1.13. The number of imidazole rings is 1. The molecule has 0 bridgehead atoms. The van der Waals surface area contributed by atoms with E-state index in [1.165, 1.54) is 24.5 Å². The Morgan fingerprint density at radius 2 is 1.80 bits per heavy atom. The summed E-state index contributed by atoms with van der Waals surface area (Å²) in [7, 11) is 3.59. The molecule has 1 saturated heterocycles. The summed E-state index contributed by atoms with van der Waals surface area (Å²) >= 11 is 0. The van der Waals surface area contributed by atoms with Crippen LogP contribution >= 0.6 is 0 Å². The standard InChI is InChI=1S/C38H44F3N9O5/c1-48(21-37(22-55-2)10-3-4-11-37)29-18-28(25-17-26(38(39,40)41)31(43-20-25)23-5-6-23)44-33-32(29)45-36(46-33)47-34(53)27-8-7-24(19-42-27)35(54)50-15-13-49(14-16-50)12-9-30(51)52/h7-8,17-20,23H,3-6,9-16,21-22H2,1-2H3,(H,51,52)(H2,44,45,46,47,53). The fraction of sp³-hybridized carbons (Fsp3) is 0.500. The van der Waals surface area contributed by atoms with Gasteiger partial charge < -0.3 is 24.6 Å². The molecule has 2 amide bonds. The van der Waals surface area contributed by atoms with Crippen LogP contribution in [0.25, 0.3) is 22.4 Å². The van der Waals surface area contributed by atoms with Gasteiger partial charge in [0.2, 0.25) is 5.95 Å².